The number of thiol groups is 1. The van der Waals surface area contributed by atoms with E-state index in [1.54, 1.807) is 0 Å². The average Bonchev–Trinajstić information content (AvgIpc) is 3.54. The Hall–Kier alpha value is -3.96. The van der Waals surface area contributed by atoms with E-state index in [2.05, 4.69) is 33.9 Å². The number of phenolic OH excluding ortho intramolecular Hbond substituents is 1. The lowest BCUT2D eigenvalue weighted by atomic mass is 10.0. The van der Waals surface area contributed by atoms with Crippen molar-refractivity contribution in [1.82, 2.24) is 31.7 Å². The molecule has 0 spiro atoms. The van der Waals surface area contributed by atoms with Gasteiger partial charge in [-0.25, -0.2) is 4.79 Å². The molecule has 15 nitrogen and oxygen atoms in total. The molecule has 274 valence electrons. The fourth-order valence-electron chi connectivity index (χ4n) is 5.45. The van der Waals surface area contributed by atoms with Gasteiger partial charge in [-0.1, -0.05) is 39.8 Å². The lowest BCUT2D eigenvalue weighted by molar-refractivity contribution is -0.142. The van der Waals surface area contributed by atoms with Crippen molar-refractivity contribution in [2.45, 2.75) is 96.1 Å². The van der Waals surface area contributed by atoms with Crippen molar-refractivity contribution in [3.63, 3.8) is 0 Å². The summed E-state index contributed by atoms with van der Waals surface area (Å²) in [5.74, 6) is -5.18. The van der Waals surface area contributed by atoms with Crippen molar-refractivity contribution in [1.29, 1.82) is 0 Å². The topological polar surface area (TPSA) is 232 Å². The Balaban J connectivity index is 2.27. The second kappa shape index (κ2) is 19.9. The molecule has 49 heavy (non-hydrogen) atoms. The van der Waals surface area contributed by atoms with E-state index < -0.39 is 71.8 Å². The summed E-state index contributed by atoms with van der Waals surface area (Å²) in [5.41, 5.74) is 7.93. The van der Waals surface area contributed by atoms with Crippen LogP contribution in [0.2, 0.25) is 0 Å². The summed E-state index contributed by atoms with van der Waals surface area (Å²) in [5, 5.41) is 29.2. The maximum absolute atomic E-state index is 13.7. The highest BCUT2D eigenvalue weighted by molar-refractivity contribution is 7.80. The molecule has 2 rings (SSSR count). The van der Waals surface area contributed by atoms with Gasteiger partial charge in [0.2, 0.25) is 29.5 Å². The minimum absolute atomic E-state index is 0.00820. The maximum atomic E-state index is 13.7. The molecule has 1 aliphatic rings. The molecule has 5 amide bonds. The molecule has 1 saturated heterocycles. The molecule has 17 heteroatoms. The monoisotopic (exact) mass is 711 g/mol. The Kier molecular flexibility index (Phi) is 16.7. The first-order chi connectivity index (χ1) is 23.1. The minimum Gasteiger partial charge on any atom is -0.508 e. The molecule has 0 saturated carbocycles. The van der Waals surface area contributed by atoms with Crippen LogP contribution in [0.25, 0.3) is 0 Å². The molecule has 1 aromatic rings. The quantitative estimate of drug-likeness (QED) is 0.0676. The first-order valence-corrected chi connectivity index (χ1v) is 16.9. The summed E-state index contributed by atoms with van der Waals surface area (Å²) in [7, 11) is 0. The van der Waals surface area contributed by atoms with Crippen molar-refractivity contribution in [2.24, 2.45) is 17.6 Å². The number of hydrogen-bond acceptors (Lipinski definition) is 10. The summed E-state index contributed by atoms with van der Waals surface area (Å²) in [6.07, 6.45) is 1.05. The largest absolute Gasteiger partial charge is 0.508 e. The lowest BCUT2D eigenvalue weighted by Gasteiger charge is -2.29. The lowest BCUT2D eigenvalue weighted by Crippen LogP contribution is -2.61. The molecule has 9 N–H and O–H groups in total. The van der Waals surface area contributed by atoms with Crippen LogP contribution in [0, 0.1) is 11.8 Å². The van der Waals surface area contributed by atoms with Gasteiger partial charge < -0.3 is 42.1 Å². The molecular formula is C32H50FN7O8S. The van der Waals surface area contributed by atoms with Crippen LogP contribution in [0.4, 0.5) is 4.48 Å². The van der Waals surface area contributed by atoms with Gasteiger partial charge in [-0.05, 0) is 55.2 Å². The standard InChI is InChI=1S/C32H50FN7O8S/c1-17(2)12-21(27(42)38-25(16-49)32(47)48)35-28(43)22(14-19-7-9-20(41)10-8-19)36-29(44)24(15-34)37-30(45)26-6-5-11-40(26)31(46)23(39-33)13-18(3)4/h7-10,17-18,21-26,39,41,49H,5-6,11-16,34H2,1-4H3,(H,35,43)(H,36,44)(H,37,45)(H,38,42)(H,47,48)/t21-,22-,23-,24-,25-,26-/m0/s1. The molecule has 0 aromatic heterocycles. The minimum atomic E-state index is -1.33. The third-order valence-corrected chi connectivity index (χ3v) is 8.36. The number of nitrogens with two attached hydrogens (primary N) is 1. The maximum Gasteiger partial charge on any atom is 0.327 e. The van der Waals surface area contributed by atoms with Gasteiger partial charge in [0.05, 0.1) is 0 Å². The first kappa shape index (κ1) is 41.2. The number of aromatic hydroxyl groups is 1. The zero-order chi connectivity index (χ0) is 36.8. The van der Waals surface area contributed by atoms with Gasteiger partial charge in [0.1, 0.15) is 42.0 Å². The summed E-state index contributed by atoms with van der Waals surface area (Å²) < 4.78 is 13.5. The second-order valence-electron chi connectivity index (χ2n) is 13.0. The number of amides is 5. The zero-order valence-electron chi connectivity index (χ0n) is 28.3. The normalized spacial score (nSPS) is 17.5. The van der Waals surface area contributed by atoms with Crippen LogP contribution in [-0.2, 0) is 35.2 Å². The number of halogens is 1. The number of carbonyl (C=O) groups is 6. The average molecular weight is 712 g/mol. The number of rotatable bonds is 19. The van der Waals surface area contributed by atoms with Gasteiger partial charge in [-0.3, -0.25) is 24.0 Å². The number of phenols is 1. The fourth-order valence-corrected chi connectivity index (χ4v) is 5.70. The number of nitrogens with one attached hydrogen (secondary N) is 5. The number of nitrogens with zero attached hydrogens (tertiary/aromatic N) is 1. The van der Waals surface area contributed by atoms with Crippen molar-refractivity contribution in [3.8, 4) is 5.75 Å². The van der Waals surface area contributed by atoms with Crippen LogP contribution in [0.3, 0.4) is 0 Å². The van der Waals surface area contributed by atoms with Crippen LogP contribution in [0.5, 0.6) is 5.75 Å². The molecule has 1 fully saturated rings. The summed E-state index contributed by atoms with van der Waals surface area (Å²) in [4.78, 5) is 79.4. The number of benzene rings is 1. The van der Waals surface area contributed by atoms with Crippen LogP contribution in [0.1, 0.15) is 58.9 Å². The van der Waals surface area contributed by atoms with Crippen LogP contribution in [-0.4, -0.2) is 106 Å². The van der Waals surface area contributed by atoms with E-state index in [4.69, 9.17) is 5.73 Å². The van der Waals surface area contributed by atoms with Crippen molar-refractivity contribution >= 4 is 48.1 Å². The Morgan fingerprint density at radius 1 is 0.857 bits per heavy atom. The van der Waals surface area contributed by atoms with E-state index in [1.165, 1.54) is 34.7 Å². The van der Waals surface area contributed by atoms with Gasteiger partial charge in [0.25, 0.3) is 0 Å². The van der Waals surface area contributed by atoms with Crippen molar-refractivity contribution < 1.29 is 43.5 Å². The van der Waals surface area contributed by atoms with Crippen LogP contribution < -0.4 is 32.5 Å². The molecule has 0 aliphatic carbocycles. The smallest absolute Gasteiger partial charge is 0.327 e. The summed E-state index contributed by atoms with van der Waals surface area (Å²) in [6.45, 7) is 7.15. The van der Waals surface area contributed by atoms with E-state index in [0.717, 1.165) is 0 Å². The predicted molar refractivity (Wildman–Crippen MR) is 182 cm³/mol. The van der Waals surface area contributed by atoms with Gasteiger partial charge in [0, 0.05) is 25.3 Å². The van der Waals surface area contributed by atoms with E-state index in [9.17, 15) is 43.5 Å². The SMILES string of the molecule is CC(C)C[C@H](NC(=O)[C@H](Cc1ccc(O)cc1)NC(=O)[C@H](CN)NC(=O)[C@@H]1CCCN1C(=O)[C@H](CC(C)C)NF)C(=O)N[C@@H](CS)C(=O)O. The Labute approximate surface area is 291 Å². The number of carboxylic acid groups (broad SMARTS) is 1. The Bertz CT molecular complexity index is 1300. The Morgan fingerprint density at radius 3 is 1.92 bits per heavy atom. The molecule has 1 aromatic carbocycles. The van der Waals surface area contributed by atoms with Crippen molar-refractivity contribution in [3.05, 3.63) is 29.8 Å². The van der Waals surface area contributed by atoms with Gasteiger partial charge in [-0.2, -0.15) is 12.6 Å². The van der Waals surface area contributed by atoms with Crippen molar-refractivity contribution in [2.75, 3.05) is 18.8 Å². The van der Waals surface area contributed by atoms with Crippen LogP contribution in [0.15, 0.2) is 24.3 Å². The molecule has 1 aliphatic heterocycles. The van der Waals surface area contributed by atoms with E-state index in [1.807, 2.05) is 27.7 Å². The number of carbonyl (C=O) groups excluding carboxylic acids is 5. The van der Waals surface area contributed by atoms with E-state index in [0.29, 0.717) is 12.0 Å². The van der Waals surface area contributed by atoms with Gasteiger partial charge in [0.15, 0.2) is 0 Å². The predicted octanol–water partition coefficient (Wildman–Crippen LogP) is -0.227. The fraction of sp³-hybridized carbons (Fsp3) is 0.625. The second-order valence-corrected chi connectivity index (χ2v) is 13.3. The third kappa shape index (κ3) is 12.8. The number of likely N-dealkylation sites (tertiary alicyclic amines) is 1. The first-order valence-electron chi connectivity index (χ1n) is 16.3. The molecule has 6 atom stereocenters. The number of aliphatic carboxylic acids is 1. The third-order valence-electron chi connectivity index (χ3n) is 7.99. The highest BCUT2D eigenvalue weighted by Crippen LogP contribution is 2.21. The molecule has 0 bridgehead atoms. The Morgan fingerprint density at radius 2 is 1.39 bits per heavy atom. The van der Waals surface area contributed by atoms with E-state index >= 15 is 0 Å². The van der Waals surface area contributed by atoms with Gasteiger partial charge in [-0.15, -0.1) is 10.0 Å². The number of hydrogen-bond donors (Lipinski definition) is 9. The number of carboxylic acids is 1. The highest BCUT2D eigenvalue weighted by atomic mass is 32.1. The molecule has 1 heterocycles. The summed E-state index contributed by atoms with van der Waals surface area (Å²) in [6, 6.07) is -1.32. The zero-order valence-corrected chi connectivity index (χ0v) is 29.2. The van der Waals surface area contributed by atoms with E-state index in [-0.39, 0.29) is 62.1 Å². The molecular weight excluding hydrogens is 661 g/mol. The molecule has 0 unspecified atom stereocenters. The van der Waals surface area contributed by atoms with Crippen LogP contribution >= 0.6 is 12.6 Å². The van der Waals surface area contributed by atoms with Gasteiger partial charge >= 0.3 is 5.97 Å². The highest BCUT2D eigenvalue weighted by Gasteiger charge is 2.39. The summed E-state index contributed by atoms with van der Waals surface area (Å²) >= 11 is 3.97. The molecule has 0 radical (unpaired) electrons.